The molecule has 2 N–H and O–H groups in total. The molecule has 3 rings (SSSR count). The lowest BCUT2D eigenvalue weighted by Crippen LogP contribution is -2.04. The highest BCUT2D eigenvalue weighted by Gasteiger charge is 2.16. The summed E-state index contributed by atoms with van der Waals surface area (Å²) in [5, 5.41) is 0.641. The topological polar surface area (TPSA) is 66.0 Å². The number of halogens is 1. The lowest BCUT2D eigenvalue weighted by molar-refractivity contribution is 0.413. The fourth-order valence-electron chi connectivity index (χ4n) is 2.31. The van der Waals surface area contributed by atoms with Gasteiger partial charge >= 0.3 is 0 Å². The Morgan fingerprint density at radius 1 is 1.24 bits per heavy atom. The first kappa shape index (κ1) is 13.7. The number of pyridine rings is 1. The number of rotatable bonds is 2. The van der Waals surface area contributed by atoms with Gasteiger partial charge in [0.15, 0.2) is 5.65 Å². The number of nitrogen functional groups attached to an aromatic ring is 1. The lowest BCUT2D eigenvalue weighted by Gasteiger charge is -2.13. The Morgan fingerprint density at radius 2 is 2.00 bits per heavy atom. The summed E-state index contributed by atoms with van der Waals surface area (Å²) < 4.78 is 7.19. The molecule has 0 aliphatic rings. The molecular formula is C15H15ClN4O. The van der Waals surface area contributed by atoms with Crippen LogP contribution in [0.2, 0.25) is 5.02 Å². The summed E-state index contributed by atoms with van der Waals surface area (Å²) in [6, 6.07) is 5.64. The number of fused-ring (bicyclic) bond motifs is 1. The first-order chi connectivity index (χ1) is 10.0. The molecule has 0 fully saturated rings. The molecule has 0 atom stereocenters. The molecule has 0 amide bonds. The quantitative estimate of drug-likeness (QED) is 0.789. The van der Waals surface area contributed by atoms with Crippen LogP contribution in [0.4, 0.5) is 5.95 Å². The number of methoxy groups -OCH3 is 1. The molecule has 21 heavy (non-hydrogen) atoms. The highest BCUT2D eigenvalue weighted by Crippen LogP contribution is 2.33. The van der Waals surface area contributed by atoms with Crippen molar-refractivity contribution < 1.29 is 4.74 Å². The second-order valence-corrected chi connectivity index (χ2v) is 5.34. The molecule has 2 aromatic heterocycles. The summed E-state index contributed by atoms with van der Waals surface area (Å²) in [5.41, 5.74) is 10.3. The molecule has 108 valence electrons. The third kappa shape index (κ3) is 2.19. The standard InChI is InChI=1S/C15H15ClN4O/c1-8-4-11-14(18-7-8)20(15(17)19-11)12-5-9(2)10(16)6-13(12)21-3/h4-7H,1-3H3,(H2,17,19). The smallest absolute Gasteiger partial charge is 0.207 e. The number of benzene rings is 1. The Bertz CT molecular complexity index is 841. The Labute approximate surface area is 127 Å². The van der Waals surface area contributed by atoms with Crippen LogP contribution >= 0.6 is 11.6 Å². The van der Waals surface area contributed by atoms with E-state index in [0.717, 1.165) is 22.3 Å². The monoisotopic (exact) mass is 302 g/mol. The van der Waals surface area contributed by atoms with Crippen LogP contribution in [0.15, 0.2) is 24.4 Å². The number of nitrogens with two attached hydrogens (primary N) is 1. The van der Waals surface area contributed by atoms with Crippen molar-refractivity contribution in [1.29, 1.82) is 0 Å². The second-order valence-electron chi connectivity index (χ2n) is 4.93. The number of anilines is 1. The fourth-order valence-corrected chi connectivity index (χ4v) is 2.46. The van der Waals surface area contributed by atoms with Crippen molar-refractivity contribution in [2.24, 2.45) is 0 Å². The summed E-state index contributed by atoms with van der Waals surface area (Å²) in [6.45, 7) is 3.90. The summed E-state index contributed by atoms with van der Waals surface area (Å²) in [4.78, 5) is 8.80. The van der Waals surface area contributed by atoms with E-state index in [-0.39, 0.29) is 0 Å². The molecule has 0 aliphatic heterocycles. The van der Waals surface area contributed by atoms with Crippen LogP contribution in [0.1, 0.15) is 11.1 Å². The van der Waals surface area contributed by atoms with Gasteiger partial charge < -0.3 is 10.5 Å². The zero-order valence-corrected chi connectivity index (χ0v) is 12.8. The maximum Gasteiger partial charge on any atom is 0.207 e. The molecule has 0 aliphatic carbocycles. The summed E-state index contributed by atoms with van der Waals surface area (Å²) in [5.74, 6) is 0.988. The van der Waals surface area contributed by atoms with Crippen LogP contribution in [-0.4, -0.2) is 21.6 Å². The van der Waals surface area contributed by atoms with Gasteiger partial charge in [-0.15, -0.1) is 0 Å². The number of aryl methyl sites for hydroxylation is 2. The van der Waals surface area contributed by atoms with Crippen molar-refractivity contribution in [1.82, 2.24) is 14.5 Å². The molecule has 0 radical (unpaired) electrons. The van der Waals surface area contributed by atoms with Gasteiger partial charge in [0.1, 0.15) is 11.3 Å². The van der Waals surface area contributed by atoms with E-state index in [1.165, 1.54) is 0 Å². The van der Waals surface area contributed by atoms with Gasteiger partial charge in [-0.1, -0.05) is 11.6 Å². The number of aromatic nitrogens is 3. The Balaban J connectivity index is 2.35. The Kier molecular flexibility index (Phi) is 3.22. The Morgan fingerprint density at radius 3 is 2.71 bits per heavy atom. The van der Waals surface area contributed by atoms with E-state index in [2.05, 4.69) is 9.97 Å². The van der Waals surface area contributed by atoms with Gasteiger partial charge in [0.2, 0.25) is 5.95 Å². The predicted molar refractivity (Wildman–Crippen MR) is 84.3 cm³/mol. The average Bonchev–Trinajstić information content (AvgIpc) is 2.76. The first-order valence-corrected chi connectivity index (χ1v) is 6.84. The van der Waals surface area contributed by atoms with Crippen molar-refractivity contribution in [3.8, 4) is 11.4 Å². The lowest BCUT2D eigenvalue weighted by atomic mass is 10.2. The van der Waals surface area contributed by atoms with E-state index in [1.54, 1.807) is 23.9 Å². The van der Waals surface area contributed by atoms with Gasteiger partial charge in [0.25, 0.3) is 0 Å². The zero-order chi connectivity index (χ0) is 15.1. The van der Waals surface area contributed by atoms with Gasteiger partial charge in [-0.2, -0.15) is 0 Å². The molecule has 0 bridgehead atoms. The molecular weight excluding hydrogens is 288 g/mol. The highest BCUT2D eigenvalue weighted by atomic mass is 35.5. The molecule has 5 nitrogen and oxygen atoms in total. The second kappa shape index (κ2) is 4.93. The van der Waals surface area contributed by atoms with Crippen LogP contribution in [0.25, 0.3) is 16.9 Å². The van der Waals surface area contributed by atoms with Gasteiger partial charge in [-0.3, -0.25) is 4.57 Å². The first-order valence-electron chi connectivity index (χ1n) is 6.46. The molecule has 3 aromatic rings. The van der Waals surface area contributed by atoms with Gasteiger partial charge in [-0.25, -0.2) is 9.97 Å². The molecule has 0 saturated carbocycles. The number of hydrogen-bond acceptors (Lipinski definition) is 4. The normalized spacial score (nSPS) is 11.0. The predicted octanol–water partition coefficient (Wildman–Crippen LogP) is 3.28. The van der Waals surface area contributed by atoms with Crippen molar-refractivity contribution in [3.05, 3.63) is 40.5 Å². The molecule has 1 aromatic carbocycles. The fraction of sp³-hybridized carbons (Fsp3) is 0.200. The van der Waals surface area contributed by atoms with Gasteiger partial charge in [0.05, 0.1) is 12.8 Å². The van der Waals surface area contributed by atoms with E-state index < -0.39 is 0 Å². The maximum absolute atomic E-state index is 6.15. The summed E-state index contributed by atoms with van der Waals surface area (Å²) in [7, 11) is 1.59. The third-order valence-corrected chi connectivity index (χ3v) is 3.77. The molecule has 2 heterocycles. The average molecular weight is 303 g/mol. The SMILES string of the molecule is COc1cc(Cl)c(C)cc1-n1c(N)nc2cc(C)cnc21. The molecule has 0 saturated heterocycles. The van der Waals surface area contributed by atoms with Crippen LogP contribution in [0.5, 0.6) is 5.75 Å². The minimum atomic E-state index is 0.364. The van der Waals surface area contributed by atoms with Crippen molar-refractivity contribution in [2.45, 2.75) is 13.8 Å². The molecule has 0 unspecified atom stereocenters. The minimum absolute atomic E-state index is 0.364. The van der Waals surface area contributed by atoms with E-state index in [4.69, 9.17) is 22.1 Å². The van der Waals surface area contributed by atoms with Crippen LogP contribution in [0, 0.1) is 13.8 Å². The maximum atomic E-state index is 6.15. The van der Waals surface area contributed by atoms with Crippen LogP contribution in [-0.2, 0) is 0 Å². The van der Waals surface area contributed by atoms with E-state index >= 15 is 0 Å². The van der Waals surface area contributed by atoms with Crippen molar-refractivity contribution >= 4 is 28.7 Å². The van der Waals surface area contributed by atoms with E-state index in [1.807, 2.05) is 26.0 Å². The molecule has 0 spiro atoms. The number of nitrogens with zero attached hydrogens (tertiary/aromatic N) is 3. The van der Waals surface area contributed by atoms with E-state index in [0.29, 0.717) is 22.4 Å². The minimum Gasteiger partial charge on any atom is -0.495 e. The summed E-state index contributed by atoms with van der Waals surface area (Å²) >= 11 is 6.15. The highest BCUT2D eigenvalue weighted by molar-refractivity contribution is 6.31. The van der Waals surface area contributed by atoms with E-state index in [9.17, 15) is 0 Å². The third-order valence-electron chi connectivity index (χ3n) is 3.36. The van der Waals surface area contributed by atoms with Crippen LogP contribution < -0.4 is 10.5 Å². The van der Waals surface area contributed by atoms with Crippen molar-refractivity contribution in [3.63, 3.8) is 0 Å². The number of imidazole rings is 1. The number of hydrogen-bond donors (Lipinski definition) is 1. The van der Waals surface area contributed by atoms with Gasteiger partial charge in [-0.05, 0) is 37.1 Å². The summed E-state index contributed by atoms with van der Waals surface area (Å²) in [6.07, 6.45) is 1.79. The number of ether oxygens (including phenoxy) is 1. The van der Waals surface area contributed by atoms with Crippen molar-refractivity contribution in [2.75, 3.05) is 12.8 Å². The Hall–Kier alpha value is -2.27. The van der Waals surface area contributed by atoms with Crippen LogP contribution in [0.3, 0.4) is 0 Å². The van der Waals surface area contributed by atoms with Gasteiger partial charge in [0, 0.05) is 17.3 Å². The largest absolute Gasteiger partial charge is 0.495 e. The molecule has 6 heteroatoms. The zero-order valence-electron chi connectivity index (χ0n) is 12.0.